The number of hydrogen-bond acceptors (Lipinski definition) is 3. The molecule has 1 rings (SSSR count). The summed E-state index contributed by atoms with van der Waals surface area (Å²) in [4.78, 5) is 11.6. The first-order chi connectivity index (χ1) is 7.55. The van der Waals surface area contributed by atoms with E-state index in [-0.39, 0.29) is 11.5 Å². The monoisotopic (exact) mass is 221 g/mol. The average Bonchev–Trinajstić information content (AvgIpc) is 2.30. The predicted octanol–water partition coefficient (Wildman–Crippen LogP) is 2.36. The zero-order chi connectivity index (χ0) is 12.0. The fourth-order valence-corrected chi connectivity index (χ4v) is 1.21. The number of nitrogens with two attached hydrogens (primary N) is 1. The van der Waals surface area contributed by atoms with E-state index < -0.39 is 0 Å². The molecule has 0 saturated heterocycles. The highest BCUT2D eigenvalue weighted by Crippen LogP contribution is 2.10. The van der Waals surface area contributed by atoms with E-state index in [1.54, 1.807) is 12.1 Å². The Hall–Kier alpha value is -1.35. The van der Waals surface area contributed by atoms with Crippen LogP contribution >= 0.6 is 0 Å². The molecule has 88 valence electrons. The largest absolute Gasteiger partial charge is 0.462 e. The van der Waals surface area contributed by atoms with E-state index in [2.05, 4.69) is 0 Å². The summed E-state index contributed by atoms with van der Waals surface area (Å²) < 4.78 is 5.15. The van der Waals surface area contributed by atoms with Crippen molar-refractivity contribution >= 4 is 5.97 Å². The Bertz CT molecular complexity index is 333. The normalized spacial score (nSPS) is 14.2. The van der Waals surface area contributed by atoms with Crippen molar-refractivity contribution in [1.29, 1.82) is 0 Å². The van der Waals surface area contributed by atoms with Gasteiger partial charge in [-0.1, -0.05) is 25.1 Å². The quantitative estimate of drug-likeness (QED) is 0.776. The Kier molecular flexibility index (Phi) is 4.50. The third kappa shape index (κ3) is 4.03. The smallest absolute Gasteiger partial charge is 0.338 e. The van der Waals surface area contributed by atoms with Gasteiger partial charge in [-0.3, -0.25) is 0 Å². The molecule has 1 atom stereocenters. The van der Waals surface area contributed by atoms with Crippen molar-refractivity contribution in [1.82, 2.24) is 0 Å². The number of hydrogen-bond donors (Lipinski definition) is 1. The molecule has 0 radical (unpaired) electrons. The van der Waals surface area contributed by atoms with E-state index in [1.807, 2.05) is 32.0 Å². The van der Waals surface area contributed by atoms with Crippen molar-refractivity contribution in [2.24, 2.45) is 5.73 Å². The first-order valence-corrected chi connectivity index (χ1v) is 5.56. The van der Waals surface area contributed by atoms with Crippen LogP contribution in [0.2, 0.25) is 0 Å². The van der Waals surface area contributed by atoms with Crippen molar-refractivity contribution in [3.63, 3.8) is 0 Å². The first-order valence-electron chi connectivity index (χ1n) is 5.56. The number of rotatable bonds is 5. The molecule has 0 aromatic heterocycles. The third-order valence-corrected chi connectivity index (χ3v) is 2.72. The molecule has 0 aliphatic carbocycles. The summed E-state index contributed by atoms with van der Waals surface area (Å²) in [6.07, 6.45) is 1.55. The highest BCUT2D eigenvalue weighted by molar-refractivity contribution is 5.89. The van der Waals surface area contributed by atoms with Gasteiger partial charge in [-0.05, 0) is 31.9 Å². The molecular formula is C13H19NO2. The van der Waals surface area contributed by atoms with Gasteiger partial charge in [0.25, 0.3) is 0 Å². The number of benzene rings is 1. The Labute approximate surface area is 96.6 Å². The summed E-state index contributed by atoms with van der Waals surface area (Å²) >= 11 is 0. The lowest BCUT2D eigenvalue weighted by atomic mass is 9.97. The Balaban J connectivity index is 2.37. The number of esters is 1. The first kappa shape index (κ1) is 12.7. The molecule has 3 heteroatoms. The lowest BCUT2D eigenvalue weighted by molar-refractivity contribution is 0.0477. The number of carbonyl (C=O) groups excluding carboxylic acids is 1. The maximum Gasteiger partial charge on any atom is 0.338 e. The molecule has 0 bridgehead atoms. The van der Waals surface area contributed by atoms with Gasteiger partial charge in [-0.15, -0.1) is 0 Å². The molecule has 1 aromatic carbocycles. The van der Waals surface area contributed by atoms with Crippen LogP contribution < -0.4 is 5.73 Å². The topological polar surface area (TPSA) is 52.3 Å². The molecule has 0 amide bonds. The molecule has 0 aliphatic heterocycles. The zero-order valence-corrected chi connectivity index (χ0v) is 9.90. The number of carbonyl (C=O) groups is 1. The van der Waals surface area contributed by atoms with Gasteiger partial charge in [0.1, 0.15) is 0 Å². The highest BCUT2D eigenvalue weighted by Gasteiger charge is 2.16. The Morgan fingerprint density at radius 3 is 2.56 bits per heavy atom. The second kappa shape index (κ2) is 5.66. The van der Waals surface area contributed by atoms with E-state index >= 15 is 0 Å². The molecule has 16 heavy (non-hydrogen) atoms. The van der Waals surface area contributed by atoms with E-state index in [9.17, 15) is 4.79 Å². The van der Waals surface area contributed by atoms with Crippen LogP contribution in [-0.4, -0.2) is 18.1 Å². The minimum absolute atomic E-state index is 0.253. The van der Waals surface area contributed by atoms with E-state index in [0.717, 1.165) is 6.42 Å². The minimum Gasteiger partial charge on any atom is -0.462 e. The van der Waals surface area contributed by atoms with Crippen LogP contribution in [0.15, 0.2) is 30.3 Å². The van der Waals surface area contributed by atoms with E-state index in [4.69, 9.17) is 10.5 Å². The fourth-order valence-electron chi connectivity index (χ4n) is 1.21. The molecule has 1 aromatic rings. The standard InChI is InChI=1S/C13H19NO2/c1-3-13(2,14)9-10-16-12(15)11-7-5-4-6-8-11/h4-8H,3,9-10,14H2,1-2H3. The van der Waals surface area contributed by atoms with Crippen LogP contribution in [0.3, 0.4) is 0 Å². The molecule has 0 spiro atoms. The van der Waals surface area contributed by atoms with Crippen LogP contribution in [0.5, 0.6) is 0 Å². The second-order valence-corrected chi connectivity index (χ2v) is 4.26. The Morgan fingerprint density at radius 1 is 1.38 bits per heavy atom. The van der Waals surface area contributed by atoms with E-state index in [1.165, 1.54) is 0 Å². The molecular weight excluding hydrogens is 202 g/mol. The van der Waals surface area contributed by atoms with Gasteiger partial charge in [-0.25, -0.2) is 4.79 Å². The minimum atomic E-state index is -0.285. The van der Waals surface area contributed by atoms with Crippen molar-refractivity contribution in [2.75, 3.05) is 6.61 Å². The van der Waals surface area contributed by atoms with Crippen LogP contribution in [0.4, 0.5) is 0 Å². The zero-order valence-electron chi connectivity index (χ0n) is 9.90. The fraction of sp³-hybridized carbons (Fsp3) is 0.462. The Morgan fingerprint density at radius 2 is 2.00 bits per heavy atom. The summed E-state index contributed by atoms with van der Waals surface area (Å²) in [5.41, 5.74) is 6.28. The van der Waals surface area contributed by atoms with Gasteiger partial charge < -0.3 is 10.5 Å². The molecule has 0 aliphatic rings. The van der Waals surface area contributed by atoms with Gasteiger partial charge in [0.2, 0.25) is 0 Å². The summed E-state index contributed by atoms with van der Waals surface area (Å²) in [7, 11) is 0. The molecule has 2 N–H and O–H groups in total. The highest BCUT2D eigenvalue weighted by atomic mass is 16.5. The maximum absolute atomic E-state index is 11.6. The van der Waals surface area contributed by atoms with Crippen molar-refractivity contribution in [3.05, 3.63) is 35.9 Å². The molecule has 0 fully saturated rings. The van der Waals surface area contributed by atoms with E-state index in [0.29, 0.717) is 18.6 Å². The average molecular weight is 221 g/mol. The van der Waals surface area contributed by atoms with Crippen LogP contribution in [0.1, 0.15) is 37.0 Å². The summed E-state index contributed by atoms with van der Waals surface area (Å²) in [5, 5.41) is 0. The molecule has 0 heterocycles. The molecule has 1 unspecified atom stereocenters. The lowest BCUT2D eigenvalue weighted by Gasteiger charge is -2.21. The second-order valence-electron chi connectivity index (χ2n) is 4.26. The molecule has 0 saturated carbocycles. The van der Waals surface area contributed by atoms with Crippen LogP contribution in [0, 0.1) is 0 Å². The lowest BCUT2D eigenvalue weighted by Crippen LogP contribution is -2.36. The maximum atomic E-state index is 11.6. The van der Waals surface area contributed by atoms with Gasteiger partial charge in [0.05, 0.1) is 12.2 Å². The summed E-state index contributed by atoms with van der Waals surface area (Å²) in [5.74, 6) is -0.285. The van der Waals surface area contributed by atoms with Gasteiger partial charge >= 0.3 is 5.97 Å². The SMILES string of the molecule is CCC(C)(N)CCOC(=O)c1ccccc1. The van der Waals surface area contributed by atoms with Crippen LogP contribution in [0.25, 0.3) is 0 Å². The van der Waals surface area contributed by atoms with Gasteiger partial charge in [0, 0.05) is 5.54 Å². The van der Waals surface area contributed by atoms with Gasteiger partial charge in [0.15, 0.2) is 0 Å². The number of ether oxygens (including phenoxy) is 1. The van der Waals surface area contributed by atoms with Crippen molar-refractivity contribution in [3.8, 4) is 0 Å². The van der Waals surface area contributed by atoms with Crippen molar-refractivity contribution in [2.45, 2.75) is 32.2 Å². The molecule has 3 nitrogen and oxygen atoms in total. The summed E-state index contributed by atoms with van der Waals surface area (Å²) in [6.45, 7) is 4.36. The van der Waals surface area contributed by atoms with Crippen molar-refractivity contribution < 1.29 is 9.53 Å². The predicted molar refractivity (Wildman–Crippen MR) is 64.2 cm³/mol. The van der Waals surface area contributed by atoms with Gasteiger partial charge in [-0.2, -0.15) is 0 Å². The third-order valence-electron chi connectivity index (χ3n) is 2.72. The summed E-state index contributed by atoms with van der Waals surface area (Å²) in [6, 6.07) is 8.98. The van der Waals surface area contributed by atoms with Crippen LogP contribution in [-0.2, 0) is 4.74 Å².